The van der Waals surface area contributed by atoms with Gasteiger partial charge in [-0.05, 0) is 18.6 Å². The molecule has 2 aliphatic rings. The Kier molecular flexibility index (Phi) is 3.60. The van der Waals surface area contributed by atoms with Crippen molar-refractivity contribution in [3.63, 3.8) is 0 Å². The van der Waals surface area contributed by atoms with Gasteiger partial charge in [0, 0.05) is 13.6 Å². The summed E-state index contributed by atoms with van der Waals surface area (Å²) in [7, 11) is 1.61. The Balaban J connectivity index is 1.35. The molecular weight excluding hydrogens is 366 g/mol. The molecule has 28 heavy (non-hydrogen) atoms. The zero-order valence-corrected chi connectivity index (χ0v) is 15.3. The third-order valence-corrected chi connectivity index (χ3v) is 5.57. The average Bonchev–Trinajstić information content (AvgIpc) is 3.32. The number of oxazole rings is 1. The molecule has 3 aromatic rings. The van der Waals surface area contributed by atoms with Gasteiger partial charge in [-0.2, -0.15) is 5.10 Å². The van der Waals surface area contributed by atoms with Crippen LogP contribution in [0.2, 0.25) is 0 Å². The van der Waals surface area contributed by atoms with Crippen LogP contribution in [0.4, 0.5) is 0 Å². The second-order valence-electron chi connectivity index (χ2n) is 7.37. The molecule has 146 valence electrons. The minimum absolute atomic E-state index is 0.0932. The first-order valence-corrected chi connectivity index (χ1v) is 9.09. The van der Waals surface area contributed by atoms with Crippen LogP contribution in [0.3, 0.4) is 0 Å². The van der Waals surface area contributed by atoms with E-state index in [1.807, 2.05) is 0 Å². The predicted octanol–water partition coefficient (Wildman–Crippen LogP) is -0.309. The number of amides is 1. The summed E-state index contributed by atoms with van der Waals surface area (Å²) in [5.74, 6) is -0.137. The number of benzene rings is 1. The van der Waals surface area contributed by atoms with Crippen LogP contribution >= 0.6 is 0 Å². The number of ether oxygens (including phenoxy) is 1. The normalized spacial score (nSPS) is 21.5. The quantitative estimate of drug-likeness (QED) is 0.599. The van der Waals surface area contributed by atoms with Gasteiger partial charge in [-0.3, -0.25) is 13.9 Å². The highest BCUT2D eigenvalue weighted by atomic mass is 16.5. The zero-order valence-electron chi connectivity index (χ0n) is 15.3. The van der Waals surface area contributed by atoms with E-state index in [-0.39, 0.29) is 24.7 Å². The Labute approximate surface area is 158 Å². The minimum Gasteiger partial charge on any atom is -0.408 e. The van der Waals surface area contributed by atoms with Gasteiger partial charge in [-0.1, -0.05) is 12.1 Å². The maximum atomic E-state index is 12.8. The molecule has 1 atom stereocenters. The summed E-state index contributed by atoms with van der Waals surface area (Å²) in [4.78, 5) is 38.9. The van der Waals surface area contributed by atoms with Gasteiger partial charge in [0.25, 0.3) is 0 Å². The topological polar surface area (TPSA) is 104 Å². The molecule has 1 fully saturated rings. The lowest BCUT2D eigenvalue weighted by Gasteiger charge is -2.33. The fourth-order valence-electron chi connectivity index (χ4n) is 4.08. The van der Waals surface area contributed by atoms with E-state index < -0.39 is 11.4 Å². The van der Waals surface area contributed by atoms with Crippen LogP contribution < -0.4 is 11.4 Å². The number of hydrogen-bond acceptors (Lipinski definition) is 6. The predicted molar refractivity (Wildman–Crippen MR) is 96.7 cm³/mol. The van der Waals surface area contributed by atoms with Crippen LogP contribution in [0.25, 0.3) is 11.1 Å². The van der Waals surface area contributed by atoms with E-state index in [1.165, 1.54) is 9.25 Å². The summed E-state index contributed by atoms with van der Waals surface area (Å²) in [5.41, 5.74) is 0.269. The first-order chi connectivity index (χ1) is 13.5. The van der Waals surface area contributed by atoms with Gasteiger partial charge in [-0.25, -0.2) is 14.3 Å². The van der Waals surface area contributed by atoms with E-state index in [9.17, 15) is 14.4 Å². The summed E-state index contributed by atoms with van der Waals surface area (Å²) in [6.07, 6.45) is 0.626. The fraction of sp³-hybridized carbons (Fsp3) is 0.444. The molecule has 1 aromatic carbocycles. The Hall–Kier alpha value is -3.14. The SMILES string of the molecule is Cn1nc2n(c1=O)CC1(CCN(C(=O)Cn3c(=O)oc4ccccc43)C1)OC2. The van der Waals surface area contributed by atoms with Gasteiger partial charge < -0.3 is 14.1 Å². The number of carbonyl (C=O) groups excluding carboxylic acids is 1. The molecule has 0 aliphatic carbocycles. The number of likely N-dealkylation sites (tertiary alicyclic amines) is 1. The summed E-state index contributed by atoms with van der Waals surface area (Å²) < 4.78 is 15.5. The highest BCUT2D eigenvalue weighted by molar-refractivity contribution is 5.80. The number of carbonyl (C=O) groups is 1. The lowest BCUT2D eigenvalue weighted by Crippen LogP contribution is -2.47. The minimum atomic E-state index is -0.598. The van der Waals surface area contributed by atoms with E-state index in [4.69, 9.17) is 9.15 Å². The van der Waals surface area contributed by atoms with Crippen molar-refractivity contribution in [2.45, 2.75) is 31.7 Å². The molecule has 1 saturated heterocycles. The Bertz CT molecular complexity index is 1200. The lowest BCUT2D eigenvalue weighted by molar-refractivity contribution is -0.134. The second kappa shape index (κ2) is 5.93. The van der Waals surface area contributed by atoms with Crippen LogP contribution in [0.1, 0.15) is 12.2 Å². The first kappa shape index (κ1) is 17.0. The fourth-order valence-corrected chi connectivity index (χ4v) is 4.08. The highest BCUT2D eigenvalue weighted by Crippen LogP contribution is 2.31. The number of fused-ring (bicyclic) bond motifs is 2. The molecule has 2 aromatic heterocycles. The van der Waals surface area contributed by atoms with Gasteiger partial charge in [0.2, 0.25) is 5.91 Å². The molecule has 2 aliphatic heterocycles. The standard InChI is InChI=1S/C18H19N5O5/c1-20-16(25)23-11-18(27-9-14(23)19-20)6-7-21(10-18)15(24)8-22-12-4-2-3-5-13(12)28-17(22)26/h2-5H,6-11H2,1H3. The molecule has 0 radical (unpaired) electrons. The first-order valence-electron chi connectivity index (χ1n) is 9.09. The average molecular weight is 385 g/mol. The van der Waals surface area contributed by atoms with Crippen molar-refractivity contribution in [2.75, 3.05) is 13.1 Å². The van der Waals surface area contributed by atoms with Crippen molar-refractivity contribution < 1.29 is 13.9 Å². The lowest BCUT2D eigenvalue weighted by atomic mass is 10.0. The highest BCUT2D eigenvalue weighted by Gasteiger charge is 2.44. The van der Waals surface area contributed by atoms with Crippen LogP contribution in [0, 0.1) is 0 Å². The van der Waals surface area contributed by atoms with E-state index in [0.717, 1.165) is 0 Å². The van der Waals surface area contributed by atoms with Crippen molar-refractivity contribution in [3.05, 3.63) is 51.1 Å². The van der Waals surface area contributed by atoms with Gasteiger partial charge in [0.15, 0.2) is 11.4 Å². The van der Waals surface area contributed by atoms with E-state index >= 15 is 0 Å². The Morgan fingerprint density at radius 3 is 2.93 bits per heavy atom. The molecule has 10 heteroatoms. The number of aryl methyl sites for hydroxylation is 1. The van der Waals surface area contributed by atoms with E-state index in [2.05, 4.69) is 5.10 Å². The zero-order chi connectivity index (χ0) is 19.5. The number of rotatable bonds is 2. The molecule has 1 amide bonds. The number of nitrogens with zero attached hydrogens (tertiary/aromatic N) is 5. The molecule has 0 bridgehead atoms. The monoisotopic (exact) mass is 385 g/mol. The second-order valence-corrected chi connectivity index (χ2v) is 7.37. The summed E-state index contributed by atoms with van der Waals surface area (Å²) in [5, 5.41) is 4.16. The van der Waals surface area contributed by atoms with Crippen molar-refractivity contribution in [1.82, 2.24) is 23.8 Å². The maximum absolute atomic E-state index is 12.8. The molecule has 10 nitrogen and oxygen atoms in total. The number of hydrogen-bond donors (Lipinski definition) is 0. The molecule has 0 saturated carbocycles. The number of aromatic nitrogens is 4. The van der Waals surface area contributed by atoms with Crippen LogP contribution in [0.15, 0.2) is 38.3 Å². The van der Waals surface area contributed by atoms with E-state index in [0.29, 0.717) is 43.0 Å². The van der Waals surface area contributed by atoms with Gasteiger partial charge in [0.1, 0.15) is 18.8 Å². The molecule has 5 rings (SSSR count). The summed E-state index contributed by atoms with van der Waals surface area (Å²) in [6.45, 7) is 1.40. The maximum Gasteiger partial charge on any atom is 0.420 e. The van der Waals surface area contributed by atoms with Crippen LogP contribution in [0.5, 0.6) is 0 Å². The number of para-hydroxylation sites is 2. The van der Waals surface area contributed by atoms with Crippen molar-refractivity contribution >= 4 is 17.0 Å². The molecule has 0 N–H and O–H groups in total. The largest absolute Gasteiger partial charge is 0.420 e. The molecule has 1 unspecified atom stereocenters. The van der Waals surface area contributed by atoms with Crippen molar-refractivity contribution in [1.29, 1.82) is 0 Å². The third-order valence-electron chi connectivity index (χ3n) is 5.57. The summed E-state index contributed by atoms with van der Waals surface area (Å²) >= 11 is 0. The Morgan fingerprint density at radius 2 is 2.07 bits per heavy atom. The molecule has 4 heterocycles. The van der Waals surface area contributed by atoms with Gasteiger partial charge in [-0.15, -0.1) is 0 Å². The van der Waals surface area contributed by atoms with Gasteiger partial charge >= 0.3 is 11.4 Å². The Morgan fingerprint density at radius 1 is 1.25 bits per heavy atom. The van der Waals surface area contributed by atoms with Crippen LogP contribution in [-0.4, -0.2) is 48.4 Å². The van der Waals surface area contributed by atoms with Crippen LogP contribution in [-0.2, 0) is 36.3 Å². The van der Waals surface area contributed by atoms with Gasteiger partial charge in [0.05, 0.1) is 18.6 Å². The molecule has 1 spiro atoms. The third kappa shape index (κ3) is 2.52. The van der Waals surface area contributed by atoms with E-state index in [1.54, 1.807) is 40.8 Å². The van der Waals surface area contributed by atoms with Crippen molar-refractivity contribution in [2.24, 2.45) is 7.05 Å². The van der Waals surface area contributed by atoms with Crippen molar-refractivity contribution in [3.8, 4) is 0 Å². The smallest absolute Gasteiger partial charge is 0.408 e. The molecular formula is C18H19N5O5. The summed E-state index contributed by atoms with van der Waals surface area (Å²) in [6, 6.07) is 7.01.